The average molecular weight is 267 g/mol. The molecule has 2 rings (SSSR count). The van der Waals surface area contributed by atoms with Crippen LogP contribution in [-0.2, 0) is 4.79 Å². The van der Waals surface area contributed by atoms with Crippen molar-refractivity contribution in [2.45, 2.75) is 18.6 Å². The van der Waals surface area contributed by atoms with E-state index >= 15 is 0 Å². The topological polar surface area (TPSA) is 118 Å². The molecular formula is C12H13NO6. The molecule has 0 aliphatic carbocycles. The highest BCUT2D eigenvalue weighted by Gasteiger charge is 2.39. The Hall–Kier alpha value is -2.28. The lowest BCUT2D eigenvalue weighted by Gasteiger charge is -2.21. The lowest BCUT2D eigenvalue weighted by Crippen LogP contribution is -2.40. The van der Waals surface area contributed by atoms with Crippen LogP contribution in [0.2, 0.25) is 0 Å². The summed E-state index contributed by atoms with van der Waals surface area (Å²) in [5.41, 5.74) is -0.113. The Kier molecular flexibility index (Phi) is 3.30. The average Bonchev–Trinajstić information content (AvgIpc) is 2.70. The van der Waals surface area contributed by atoms with Gasteiger partial charge in [-0.1, -0.05) is 0 Å². The van der Waals surface area contributed by atoms with Crippen molar-refractivity contribution in [1.82, 2.24) is 4.90 Å². The van der Waals surface area contributed by atoms with Crippen molar-refractivity contribution < 1.29 is 30.0 Å². The number of carboxylic acid groups (broad SMARTS) is 1. The van der Waals surface area contributed by atoms with Crippen LogP contribution in [0.1, 0.15) is 16.8 Å². The first kappa shape index (κ1) is 13.2. The van der Waals surface area contributed by atoms with Gasteiger partial charge in [0.25, 0.3) is 5.91 Å². The molecule has 0 saturated carbocycles. The van der Waals surface area contributed by atoms with Gasteiger partial charge < -0.3 is 25.3 Å². The highest BCUT2D eigenvalue weighted by atomic mass is 16.4. The lowest BCUT2D eigenvalue weighted by molar-refractivity contribution is -0.141. The quantitative estimate of drug-likeness (QED) is 0.587. The van der Waals surface area contributed by atoms with Crippen molar-refractivity contribution in [3.8, 4) is 11.5 Å². The molecule has 1 fully saturated rings. The Morgan fingerprint density at radius 3 is 2.53 bits per heavy atom. The Bertz CT molecular complexity index is 529. The maximum atomic E-state index is 12.1. The van der Waals surface area contributed by atoms with Gasteiger partial charge in [0.1, 0.15) is 17.5 Å². The summed E-state index contributed by atoms with van der Waals surface area (Å²) in [4.78, 5) is 24.2. The van der Waals surface area contributed by atoms with E-state index in [0.29, 0.717) is 0 Å². The number of benzene rings is 1. The predicted molar refractivity (Wildman–Crippen MR) is 62.9 cm³/mol. The molecule has 102 valence electrons. The van der Waals surface area contributed by atoms with Crippen molar-refractivity contribution in [3.63, 3.8) is 0 Å². The molecule has 4 N–H and O–H groups in total. The number of aliphatic hydroxyl groups is 1. The third-order valence-electron chi connectivity index (χ3n) is 3.04. The molecule has 1 aromatic rings. The zero-order chi connectivity index (χ0) is 14.2. The van der Waals surface area contributed by atoms with Gasteiger partial charge in [0.05, 0.1) is 11.7 Å². The maximum absolute atomic E-state index is 12.1. The summed E-state index contributed by atoms with van der Waals surface area (Å²) >= 11 is 0. The molecule has 19 heavy (non-hydrogen) atoms. The van der Waals surface area contributed by atoms with Crippen LogP contribution in [0.15, 0.2) is 18.2 Å². The third kappa shape index (κ3) is 2.45. The minimum Gasteiger partial charge on any atom is -0.508 e. The van der Waals surface area contributed by atoms with E-state index in [4.69, 9.17) is 10.2 Å². The normalized spacial score (nSPS) is 22.5. The number of nitrogens with zero attached hydrogens (tertiary/aromatic N) is 1. The second-order valence-electron chi connectivity index (χ2n) is 4.40. The highest BCUT2D eigenvalue weighted by Crippen LogP contribution is 2.27. The van der Waals surface area contributed by atoms with E-state index in [9.17, 15) is 19.8 Å². The van der Waals surface area contributed by atoms with E-state index in [2.05, 4.69) is 0 Å². The van der Waals surface area contributed by atoms with E-state index in [1.807, 2.05) is 0 Å². The van der Waals surface area contributed by atoms with Gasteiger partial charge in [0.15, 0.2) is 0 Å². The van der Waals surface area contributed by atoms with Crippen molar-refractivity contribution in [2.24, 2.45) is 0 Å². The summed E-state index contributed by atoms with van der Waals surface area (Å²) in [7, 11) is 0. The minimum atomic E-state index is -1.21. The van der Waals surface area contributed by atoms with Crippen molar-refractivity contribution in [2.75, 3.05) is 6.54 Å². The summed E-state index contributed by atoms with van der Waals surface area (Å²) in [6.07, 6.45) is -0.941. The molecule has 7 heteroatoms. The molecular weight excluding hydrogens is 254 g/mol. The molecule has 1 heterocycles. The van der Waals surface area contributed by atoms with Crippen LogP contribution < -0.4 is 0 Å². The second kappa shape index (κ2) is 4.77. The number of β-amino-alcohol motifs (C(OH)–C–C–N with tert-alkyl or cyclic N) is 1. The number of hydrogen-bond donors (Lipinski definition) is 4. The Morgan fingerprint density at radius 2 is 1.95 bits per heavy atom. The standard InChI is InChI=1S/C12H13NO6/c14-6-1-2-8(10(16)4-6)11(17)13-5-7(15)3-9(13)12(18)19/h1-2,4,7,9,14-16H,3,5H2,(H,18,19). The summed E-state index contributed by atoms with van der Waals surface area (Å²) in [6.45, 7) is -0.101. The molecule has 1 amide bonds. The summed E-state index contributed by atoms with van der Waals surface area (Å²) in [5, 5.41) is 37.2. The van der Waals surface area contributed by atoms with Gasteiger partial charge in [-0.25, -0.2) is 4.79 Å². The van der Waals surface area contributed by atoms with Crippen molar-refractivity contribution >= 4 is 11.9 Å². The molecule has 1 aliphatic heterocycles. The van der Waals surface area contributed by atoms with E-state index in [1.165, 1.54) is 12.1 Å². The number of aliphatic carboxylic acids is 1. The number of carboxylic acids is 1. The molecule has 1 aliphatic rings. The van der Waals surface area contributed by atoms with Crippen LogP contribution in [0, 0.1) is 0 Å². The maximum Gasteiger partial charge on any atom is 0.326 e. The summed E-state index contributed by atoms with van der Waals surface area (Å²) in [6, 6.07) is 2.30. The number of carbonyl (C=O) groups excluding carboxylic acids is 1. The molecule has 2 unspecified atom stereocenters. The largest absolute Gasteiger partial charge is 0.508 e. The van der Waals surface area contributed by atoms with Crippen LogP contribution >= 0.6 is 0 Å². The van der Waals surface area contributed by atoms with Gasteiger partial charge in [0.2, 0.25) is 0 Å². The zero-order valence-electron chi connectivity index (χ0n) is 9.85. The van der Waals surface area contributed by atoms with Crippen LogP contribution in [0.4, 0.5) is 0 Å². The van der Waals surface area contributed by atoms with Crippen LogP contribution in [0.3, 0.4) is 0 Å². The highest BCUT2D eigenvalue weighted by molar-refractivity contribution is 5.99. The first-order valence-electron chi connectivity index (χ1n) is 5.64. The van der Waals surface area contributed by atoms with Crippen molar-refractivity contribution in [1.29, 1.82) is 0 Å². The third-order valence-corrected chi connectivity index (χ3v) is 3.04. The molecule has 0 bridgehead atoms. The van der Waals surface area contributed by atoms with Gasteiger partial charge >= 0.3 is 5.97 Å². The number of phenols is 2. The number of rotatable bonds is 2. The van der Waals surface area contributed by atoms with E-state index in [0.717, 1.165) is 11.0 Å². The van der Waals surface area contributed by atoms with E-state index < -0.39 is 29.8 Å². The number of amides is 1. The van der Waals surface area contributed by atoms with Crippen LogP contribution in [0.5, 0.6) is 11.5 Å². The Balaban J connectivity index is 2.30. The van der Waals surface area contributed by atoms with Gasteiger partial charge in [-0.2, -0.15) is 0 Å². The number of aromatic hydroxyl groups is 2. The molecule has 2 atom stereocenters. The number of phenolic OH excluding ortho intramolecular Hbond substituents is 2. The first-order chi connectivity index (χ1) is 8.90. The van der Waals surface area contributed by atoms with Crippen LogP contribution in [0.25, 0.3) is 0 Å². The van der Waals surface area contributed by atoms with Gasteiger partial charge in [0, 0.05) is 19.0 Å². The first-order valence-corrected chi connectivity index (χ1v) is 5.64. The lowest BCUT2D eigenvalue weighted by atomic mass is 10.1. The molecule has 1 aromatic carbocycles. The van der Waals surface area contributed by atoms with Gasteiger partial charge in [-0.05, 0) is 12.1 Å². The summed E-state index contributed by atoms with van der Waals surface area (Å²) in [5.74, 6) is -2.54. The zero-order valence-corrected chi connectivity index (χ0v) is 9.85. The molecule has 1 saturated heterocycles. The fraction of sp³-hybridized carbons (Fsp3) is 0.333. The molecule has 7 nitrogen and oxygen atoms in total. The van der Waals surface area contributed by atoms with E-state index in [1.54, 1.807) is 0 Å². The molecule has 0 aromatic heterocycles. The van der Waals surface area contributed by atoms with Gasteiger partial charge in [-0.3, -0.25) is 4.79 Å². The Labute approximate surface area is 108 Å². The number of hydrogen-bond acceptors (Lipinski definition) is 5. The Morgan fingerprint density at radius 1 is 1.26 bits per heavy atom. The molecule has 0 spiro atoms. The predicted octanol–water partition coefficient (Wildman–Crippen LogP) is -0.242. The smallest absolute Gasteiger partial charge is 0.326 e. The number of likely N-dealkylation sites (tertiary alicyclic amines) is 1. The second-order valence-corrected chi connectivity index (χ2v) is 4.40. The minimum absolute atomic E-state index is 0.0417. The van der Waals surface area contributed by atoms with Gasteiger partial charge in [-0.15, -0.1) is 0 Å². The monoisotopic (exact) mass is 267 g/mol. The SMILES string of the molecule is O=C(O)C1CC(O)CN1C(=O)c1ccc(O)cc1O. The fourth-order valence-corrected chi connectivity index (χ4v) is 2.13. The fourth-order valence-electron chi connectivity index (χ4n) is 2.13. The number of carbonyl (C=O) groups is 2. The summed E-state index contributed by atoms with van der Waals surface area (Å²) < 4.78 is 0. The molecule has 0 radical (unpaired) electrons. The van der Waals surface area contributed by atoms with Crippen molar-refractivity contribution in [3.05, 3.63) is 23.8 Å². The van der Waals surface area contributed by atoms with Crippen LogP contribution in [-0.4, -0.2) is 55.9 Å². The van der Waals surface area contributed by atoms with E-state index in [-0.39, 0.29) is 24.3 Å². The number of aliphatic hydroxyl groups excluding tert-OH is 1.